The second kappa shape index (κ2) is 7.29. The van der Waals surface area contributed by atoms with Crippen molar-refractivity contribution in [1.82, 2.24) is 29.5 Å². The van der Waals surface area contributed by atoms with Crippen LogP contribution in [0.15, 0.2) is 29.7 Å². The van der Waals surface area contributed by atoms with E-state index in [1.54, 1.807) is 17.1 Å². The second-order valence-corrected chi connectivity index (χ2v) is 6.20. The Labute approximate surface area is 122 Å². The quantitative estimate of drug-likeness (QED) is 0.587. The van der Waals surface area contributed by atoms with E-state index < -0.39 is 10.0 Å². The van der Waals surface area contributed by atoms with Gasteiger partial charge in [-0.25, -0.2) is 13.1 Å². The molecule has 2 rings (SSSR count). The van der Waals surface area contributed by atoms with E-state index in [0.717, 1.165) is 0 Å². The molecule has 0 amide bonds. The first kappa shape index (κ1) is 15.6. The highest BCUT2D eigenvalue weighted by atomic mass is 32.2. The molecule has 0 spiro atoms. The number of hydrogen-bond donors (Lipinski definition) is 2. The molecular formula is C11H18N6O3S. The van der Waals surface area contributed by atoms with Crippen molar-refractivity contribution in [2.75, 3.05) is 13.2 Å². The predicted molar refractivity (Wildman–Crippen MR) is 73.8 cm³/mol. The molecule has 9 nitrogen and oxygen atoms in total. The van der Waals surface area contributed by atoms with Crippen LogP contribution in [-0.4, -0.2) is 51.5 Å². The lowest BCUT2D eigenvalue weighted by Gasteiger charge is -2.04. The average Bonchev–Trinajstić information content (AvgIpc) is 3.13. The lowest BCUT2D eigenvalue weighted by molar-refractivity contribution is 0.277. The van der Waals surface area contributed by atoms with Gasteiger partial charge in [0.2, 0.25) is 10.0 Å². The van der Waals surface area contributed by atoms with Crippen LogP contribution >= 0.6 is 0 Å². The molecule has 116 valence electrons. The molecule has 10 heteroatoms. The van der Waals surface area contributed by atoms with Crippen molar-refractivity contribution in [3.05, 3.63) is 24.8 Å². The van der Waals surface area contributed by atoms with Gasteiger partial charge >= 0.3 is 0 Å². The van der Waals surface area contributed by atoms with Gasteiger partial charge in [0, 0.05) is 38.6 Å². The number of nitrogens with one attached hydrogen (secondary N) is 1. The Kier molecular flexibility index (Phi) is 5.42. The zero-order valence-corrected chi connectivity index (χ0v) is 12.3. The van der Waals surface area contributed by atoms with Crippen molar-refractivity contribution < 1.29 is 13.5 Å². The minimum atomic E-state index is -3.55. The predicted octanol–water partition coefficient (Wildman–Crippen LogP) is -0.774. The number of aryl methyl sites for hydroxylation is 2. The molecule has 0 radical (unpaired) electrons. The first-order valence-electron chi connectivity index (χ1n) is 6.59. The normalized spacial score (nSPS) is 11.9. The molecule has 0 saturated carbocycles. The van der Waals surface area contributed by atoms with E-state index in [9.17, 15) is 8.42 Å². The van der Waals surface area contributed by atoms with Gasteiger partial charge in [0.1, 0.15) is 4.90 Å². The first-order valence-corrected chi connectivity index (χ1v) is 8.07. The van der Waals surface area contributed by atoms with Crippen LogP contribution in [0.2, 0.25) is 0 Å². The Morgan fingerprint density at radius 1 is 1.24 bits per heavy atom. The topological polar surface area (TPSA) is 115 Å². The smallest absolute Gasteiger partial charge is 0.243 e. The molecule has 0 fully saturated rings. The second-order valence-electron chi connectivity index (χ2n) is 4.43. The van der Waals surface area contributed by atoms with Crippen molar-refractivity contribution in [3.8, 4) is 0 Å². The lowest BCUT2D eigenvalue weighted by atomic mass is 10.4. The minimum absolute atomic E-state index is 0.0441. The fourth-order valence-corrected chi connectivity index (χ4v) is 2.75. The molecule has 0 aliphatic heterocycles. The summed E-state index contributed by atoms with van der Waals surface area (Å²) in [6.45, 7) is 1.43. The van der Waals surface area contributed by atoms with E-state index >= 15 is 0 Å². The monoisotopic (exact) mass is 314 g/mol. The number of sulfonamides is 1. The first-order chi connectivity index (χ1) is 10.1. The summed E-state index contributed by atoms with van der Waals surface area (Å²) in [4.78, 5) is 0.126. The highest BCUT2D eigenvalue weighted by Crippen LogP contribution is 2.07. The van der Waals surface area contributed by atoms with Crippen LogP contribution < -0.4 is 4.72 Å². The summed E-state index contributed by atoms with van der Waals surface area (Å²) >= 11 is 0. The third-order valence-electron chi connectivity index (χ3n) is 2.79. The van der Waals surface area contributed by atoms with Crippen LogP contribution in [0.4, 0.5) is 0 Å². The van der Waals surface area contributed by atoms with Crippen molar-refractivity contribution in [1.29, 1.82) is 0 Å². The molecule has 0 unspecified atom stereocenters. The highest BCUT2D eigenvalue weighted by molar-refractivity contribution is 7.89. The third-order valence-corrected chi connectivity index (χ3v) is 4.21. The molecule has 0 saturated heterocycles. The van der Waals surface area contributed by atoms with E-state index in [1.165, 1.54) is 17.1 Å². The van der Waals surface area contributed by atoms with Gasteiger partial charge in [0.15, 0.2) is 0 Å². The summed E-state index contributed by atoms with van der Waals surface area (Å²) in [6.07, 6.45) is 7.20. The van der Waals surface area contributed by atoms with E-state index in [2.05, 4.69) is 20.1 Å². The molecular weight excluding hydrogens is 296 g/mol. The van der Waals surface area contributed by atoms with E-state index in [4.69, 9.17) is 5.11 Å². The maximum Gasteiger partial charge on any atom is 0.243 e. The zero-order chi connectivity index (χ0) is 15.1. The van der Waals surface area contributed by atoms with Gasteiger partial charge in [-0.05, 0) is 12.8 Å². The number of nitrogens with zero attached hydrogens (tertiary/aromatic N) is 5. The van der Waals surface area contributed by atoms with E-state index in [0.29, 0.717) is 32.5 Å². The summed E-state index contributed by atoms with van der Waals surface area (Å²) in [5, 5.41) is 20.2. The van der Waals surface area contributed by atoms with Crippen LogP contribution in [0, 0.1) is 0 Å². The highest BCUT2D eigenvalue weighted by Gasteiger charge is 2.15. The number of aromatic nitrogens is 5. The van der Waals surface area contributed by atoms with Crippen LogP contribution in [0.25, 0.3) is 0 Å². The molecule has 21 heavy (non-hydrogen) atoms. The van der Waals surface area contributed by atoms with Gasteiger partial charge in [-0.3, -0.25) is 9.36 Å². The lowest BCUT2D eigenvalue weighted by Crippen LogP contribution is -2.25. The molecule has 2 N–H and O–H groups in total. The Morgan fingerprint density at radius 3 is 2.76 bits per heavy atom. The number of aliphatic hydroxyl groups is 1. The summed E-state index contributed by atoms with van der Waals surface area (Å²) in [5.74, 6) is 0. The average molecular weight is 314 g/mol. The van der Waals surface area contributed by atoms with Crippen molar-refractivity contribution >= 4 is 10.0 Å². The Bertz CT molecular complexity index is 637. The van der Waals surface area contributed by atoms with Gasteiger partial charge < -0.3 is 5.11 Å². The van der Waals surface area contributed by atoms with E-state index in [1.807, 2.05) is 0 Å². The zero-order valence-electron chi connectivity index (χ0n) is 11.5. The fraction of sp³-hybridized carbons (Fsp3) is 0.545. The van der Waals surface area contributed by atoms with Gasteiger partial charge in [-0.15, -0.1) is 5.10 Å². The number of hydrogen-bond acceptors (Lipinski definition) is 6. The van der Waals surface area contributed by atoms with Crippen molar-refractivity contribution in [2.24, 2.45) is 0 Å². The van der Waals surface area contributed by atoms with Gasteiger partial charge in [-0.2, -0.15) is 5.10 Å². The molecule has 2 aromatic rings. The third kappa shape index (κ3) is 4.62. The van der Waals surface area contributed by atoms with Gasteiger partial charge in [0.05, 0.1) is 12.4 Å². The maximum absolute atomic E-state index is 12.0. The molecule has 2 heterocycles. The van der Waals surface area contributed by atoms with Crippen LogP contribution in [-0.2, 0) is 23.1 Å². The standard InChI is InChI=1S/C11H18N6O3S/c18-8-2-6-17-10-11(9-13-17)21(19,20)14-3-1-5-16-7-4-12-15-16/h4,7,9-10,14,18H,1-3,5-6,8H2. The summed E-state index contributed by atoms with van der Waals surface area (Å²) in [7, 11) is -3.55. The molecule has 2 aromatic heterocycles. The largest absolute Gasteiger partial charge is 0.396 e. The number of rotatable bonds is 9. The Balaban J connectivity index is 1.82. The SMILES string of the molecule is O=S(=O)(NCCCn1ccnn1)c1cnn(CCCO)c1. The van der Waals surface area contributed by atoms with Crippen LogP contribution in [0.3, 0.4) is 0 Å². The fourth-order valence-electron chi connectivity index (χ4n) is 1.72. The molecule has 0 aliphatic carbocycles. The van der Waals surface area contributed by atoms with Crippen molar-refractivity contribution in [2.45, 2.75) is 30.8 Å². The van der Waals surface area contributed by atoms with E-state index in [-0.39, 0.29) is 11.5 Å². The molecule has 0 bridgehead atoms. The summed E-state index contributed by atoms with van der Waals surface area (Å²) < 4.78 is 29.7. The Hall–Kier alpha value is -1.78. The summed E-state index contributed by atoms with van der Waals surface area (Å²) in [6, 6.07) is 0. The number of aliphatic hydroxyl groups excluding tert-OH is 1. The summed E-state index contributed by atoms with van der Waals surface area (Å²) in [5.41, 5.74) is 0. The van der Waals surface area contributed by atoms with Crippen LogP contribution in [0.5, 0.6) is 0 Å². The van der Waals surface area contributed by atoms with Gasteiger partial charge in [0.25, 0.3) is 0 Å². The Morgan fingerprint density at radius 2 is 2.05 bits per heavy atom. The van der Waals surface area contributed by atoms with Gasteiger partial charge in [-0.1, -0.05) is 5.21 Å². The van der Waals surface area contributed by atoms with Crippen molar-refractivity contribution in [3.63, 3.8) is 0 Å². The molecule has 0 atom stereocenters. The van der Waals surface area contributed by atoms with Crippen LogP contribution in [0.1, 0.15) is 12.8 Å². The molecule has 0 aliphatic rings. The minimum Gasteiger partial charge on any atom is -0.396 e. The maximum atomic E-state index is 12.0. The molecule has 0 aromatic carbocycles.